The molecule has 0 radical (unpaired) electrons. The van der Waals surface area contributed by atoms with Crippen molar-refractivity contribution >= 4 is 11.7 Å². The van der Waals surface area contributed by atoms with Crippen molar-refractivity contribution in [1.82, 2.24) is 15.5 Å². The predicted molar refractivity (Wildman–Crippen MR) is 114 cm³/mol. The molecule has 3 aromatic rings. The Labute approximate surface area is 175 Å². The Kier molecular flexibility index (Phi) is 5.70. The van der Waals surface area contributed by atoms with Crippen LogP contribution in [-0.4, -0.2) is 16.2 Å². The van der Waals surface area contributed by atoms with E-state index in [1.54, 1.807) is 24.3 Å². The largest absolute Gasteiger partial charge is 0.485 e. The molecular weight excluding hydrogens is 380 g/mol. The van der Waals surface area contributed by atoms with Crippen LogP contribution in [0.3, 0.4) is 0 Å². The molecule has 7 nitrogen and oxygen atoms in total. The molecule has 156 valence electrons. The number of hydrogen-bond acceptors (Lipinski definition) is 5. The van der Waals surface area contributed by atoms with Gasteiger partial charge < -0.3 is 19.9 Å². The second-order valence-electron chi connectivity index (χ2n) is 7.82. The molecule has 0 bridgehead atoms. The Morgan fingerprint density at radius 3 is 2.70 bits per heavy atom. The summed E-state index contributed by atoms with van der Waals surface area (Å²) >= 11 is 0. The van der Waals surface area contributed by atoms with Crippen molar-refractivity contribution in [3.63, 3.8) is 0 Å². The number of ether oxygens (including phenoxy) is 1. The summed E-state index contributed by atoms with van der Waals surface area (Å²) in [5.41, 5.74) is 4.12. The minimum Gasteiger partial charge on any atom is -0.485 e. The predicted octanol–water partition coefficient (Wildman–Crippen LogP) is 5.03. The van der Waals surface area contributed by atoms with Crippen LogP contribution in [-0.2, 0) is 6.61 Å². The SMILES string of the molecule is Cc1ccc(C)c(C(C)NC(=O)Nc2ccc(OCc3noc(C4CC4)n3)cc2)c1. The van der Waals surface area contributed by atoms with Crippen LogP contribution >= 0.6 is 0 Å². The third-order valence-electron chi connectivity index (χ3n) is 5.14. The van der Waals surface area contributed by atoms with Crippen LogP contribution in [0.1, 0.15) is 60.1 Å². The summed E-state index contributed by atoms with van der Waals surface area (Å²) in [5, 5.41) is 9.77. The molecule has 7 heteroatoms. The normalized spacial score (nSPS) is 14.2. The molecule has 1 saturated carbocycles. The third kappa shape index (κ3) is 4.97. The quantitative estimate of drug-likeness (QED) is 0.575. The number of urea groups is 1. The van der Waals surface area contributed by atoms with E-state index in [0.29, 0.717) is 29.1 Å². The Bertz CT molecular complexity index is 1030. The summed E-state index contributed by atoms with van der Waals surface area (Å²) in [7, 11) is 0. The minimum absolute atomic E-state index is 0.0944. The number of nitrogens with one attached hydrogen (secondary N) is 2. The molecule has 30 heavy (non-hydrogen) atoms. The van der Waals surface area contributed by atoms with Crippen LogP contribution in [0.25, 0.3) is 0 Å². The van der Waals surface area contributed by atoms with Crippen LogP contribution in [0.4, 0.5) is 10.5 Å². The maximum atomic E-state index is 12.4. The summed E-state index contributed by atoms with van der Waals surface area (Å²) in [4.78, 5) is 16.7. The molecule has 1 aliphatic rings. The summed E-state index contributed by atoms with van der Waals surface area (Å²) in [5.74, 6) is 2.34. The fourth-order valence-electron chi connectivity index (χ4n) is 3.27. The highest BCUT2D eigenvalue weighted by Gasteiger charge is 2.29. The molecule has 4 rings (SSSR count). The fraction of sp³-hybridized carbons (Fsp3) is 0.348. The van der Waals surface area contributed by atoms with Crippen molar-refractivity contribution in [2.45, 2.75) is 52.2 Å². The number of hydrogen-bond donors (Lipinski definition) is 2. The maximum Gasteiger partial charge on any atom is 0.319 e. The van der Waals surface area contributed by atoms with E-state index in [1.807, 2.05) is 20.8 Å². The van der Waals surface area contributed by atoms with Crippen molar-refractivity contribution in [2.75, 3.05) is 5.32 Å². The summed E-state index contributed by atoms with van der Waals surface area (Å²) < 4.78 is 10.9. The van der Waals surface area contributed by atoms with Crippen molar-refractivity contribution in [1.29, 1.82) is 0 Å². The molecule has 1 aromatic heterocycles. The molecule has 2 amide bonds. The first-order chi connectivity index (χ1) is 14.5. The van der Waals surface area contributed by atoms with Crippen molar-refractivity contribution < 1.29 is 14.1 Å². The standard InChI is InChI=1S/C23H26N4O3/c1-14-4-5-15(2)20(12-14)16(3)24-23(28)25-18-8-10-19(11-9-18)29-13-21-26-22(30-27-21)17-6-7-17/h4-5,8-12,16-17H,6-7,13H2,1-3H3,(H2,24,25,28). The highest BCUT2D eigenvalue weighted by atomic mass is 16.5. The molecule has 0 aliphatic heterocycles. The number of benzene rings is 2. The smallest absolute Gasteiger partial charge is 0.319 e. The van der Waals surface area contributed by atoms with Gasteiger partial charge in [-0.25, -0.2) is 4.79 Å². The molecule has 1 atom stereocenters. The lowest BCUT2D eigenvalue weighted by atomic mass is 10.0. The van der Waals surface area contributed by atoms with Gasteiger partial charge >= 0.3 is 6.03 Å². The second-order valence-corrected chi connectivity index (χ2v) is 7.82. The van der Waals surface area contributed by atoms with Gasteiger partial charge in [0.1, 0.15) is 5.75 Å². The number of carbonyl (C=O) groups is 1. The Hall–Kier alpha value is -3.35. The maximum absolute atomic E-state index is 12.4. The van der Waals surface area contributed by atoms with Gasteiger partial charge in [0, 0.05) is 11.6 Å². The molecule has 1 fully saturated rings. The topological polar surface area (TPSA) is 89.3 Å². The van der Waals surface area contributed by atoms with E-state index in [-0.39, 0.29) is 18.7 Å². The fourth-order valence-corrected chi connectivity index (χ4v) is 3.27. The lowest BCUT2D eigenvalue weighted by Crippen LogP contribution is -2.31. The molecule has 2 N–H and O–H groups in total. The van der Waals surface area contributed by atoms with Gasteiger partial charge in [0.15, 0.2) is 6.61 Å². The van der Waals surface area contributed by atoms with Gasteiger partial charge in [0.05, 0.1) is 6.04 Å². The van der Waals surface area contributed by atoms with Gasteiger partial charge in [-0.2, -0.15) is 4.98 Å². The first-order valence-corrected chi connectivity index (χ1v) is 10.2. The van der Waals surface area contributed by atoms with Gasteiger partial charge in [-0.3, -0.25) is 0 Å². The van der Waals surface area contributed by atoms with Crippen molar-refractivity contribution in [3.8, 4) is 5.75 Å². The van der Waals surface area contributed by atoms with E-state index in [0.717, 1.165) is 24.0 Å². The monoisotopic (exact) mass is 406 g/mol. The van der Waals surface area contributed by atoms with E-state index in [2.05, 4.69) is 39.0 Å². The van der Waals surface area contributed by atoms with Gasteiger partial charge in [0.2, 0.25) is 11.7 Å². The van der Waals surface area contributed by atoms with E-state index in [4.69, 9.17) is 9.26 Å². The number of carbonyl (C=O) groups excluding carboxylic acids is 1. The first kappa shape index (κ1) is 19.9. The van der Waals surface area contributed by atoms with Crippen LogP contribution in [0.2, 0.25) is 0 Å². The molecule has 0 saturated heterocycles. The Balaban J connectivity index is 1.28. The van der Waals surface area contributed by atoms with E-state index < -0.39 is 0 Å². The molecular formula is C23H26N4O3. The van der Waals surface area contributed by atoms with Crippen LogP contribution in [0.5, 0.6) is 5.75 Å². The number of rotatable bonds is 7. The summed E-state index contributed by atoms with van der Waals surface area (Å²) in [6, 6.07) is 13.1. The molecule has 1 unspecified atom stereocenters. The van der Waals surface area contributed by atoms with E-state index in [9.17, 15) is 4.79 Å². The number of aryl methyl sites for hydroxylation is 2. The summed E-state index contributed by atoms with van der Waals surface area (Å²) in [6.45, 7) is 6.32. The van der Waals surface area contributed by atoms with Crippen molar-refractivity contribution in [3.05, 3.63) is 70.9 Å². The molecule has 2 aromatic carbocycles. The molecule has 1 heterocycles. The number of anilines is 1. The highest BCUT2D eigenvalue weighted by molar-refractivity contribution is 5.89. The minimum atomic E-state index is -0.253. The average Bonchev–Trinajstić information content (AvgIpc) is 3.47. The van der Waals surface area contributed by atoms with E-state index in [1.165, 1.54) is 5.56 Å². The van der Waals surface area contributed by atoms with Crippen LogP contribution in [0, 0.1) is 13.8 Å². The summed E-state index contributed by atoms with van der Waals surface area (Å²) in [6.07, 6.45) is 2.24. The van der Waals surface area contributed by atoms with Gasteiger partial charge in [0.25, 0.3) is 0 Å². The molecule has 0 spiro atoms. The highest BCUT2D eigenvalue weighted by Crippen LogP contribution is 2.38. The zero-order valence-electron chi connectivity index (χ0n) is 17.4. The average molecular weight is 406 g/mol. The lowest BCUT2D eigenvalue weighted by Gasteiger charge is -2.18. The van der Waals surface area contributed by atoms with Gasteiger partial charge in [-0.1, -0.05) is 28.9 Å². The third-order valence-corrected chi connectivity index (χ3v) is 5.14. The Morgan fingerprint density at radius 1 is 1.20 bits per heavy atom. The molecule has 1 aliphatic carbocycles. The number of aromatic nitrogens is 2. The second kappa shape index (κ2) is 8.57. The number of nitrogens with zero attached hydrogens (tertiary/aromatic N) is 2. The van der Waals surface area contributed by atoms with Crippen LogP contribution in [0.15, 0.2) is 47.0 Å². The van der Waals surface area contributed by atoms with Crippen LogP contribution < -0.4 is 15.4 Å². The van der Waals surface area contributed by atoms with Gasteiger partial charge in [-0.05, 0) is 69.0 Å². The van der Waals surface area contributed by atoms with Gasteiger partial charge in [-0.15, -0.1) is 0 Å². The zero-order chi connectivity index (χ0) is 21.1. The van der Waals surface area contributed by atoms with E-state index >= 15 is 0 Å². The zero-order valence-corrected chi connectivity index (χ0v) is 17.4. The lowest BCUT2D eigenvalue weighted by molar-refractivity contribution is 0.249. The number of amides is 2. The Morgan fingerprint density at radius 2 is 1.97 bits per heavy atom. The first-order valence-electron chi connectivity index (χ1n) is 10.2. The van der Waals surface area contributed by atoms with Crippen molar-refractivity contribution in [2.24, 2.45) is 0 Å².